The molecule has 0 aliphatic carbocycles. The molecule has 0 saturated heterocycles. The lowest BCUT2D eigenvalue weighted by Gasteiger charge is -2.30. The van der Waals surface area contributed by atoms with Gasteiger partial charge in [-0.25, -0.2) is 4.79 Å². The Morgan fingerprint density at radius 3 is 2.20 bits per heavy atom. The van der Waals surface area contributed by atoms with Crippen LogP contribution in [0.15, 0.2) is 54.6 Å². The molecule has 0 spiro atoms. The van der Waals surface area contributed by atoms with Gasteiger partial charge < -0.3 is 21.1 Å². The van der Waals surface area contributed by atoms with Crippen LogP contribution in [0.2, 0.25) is 0 Å². The van der Waals surface area contributed by atoms with E-state index >= 15 is 0 Å². The second kappa shape index (κ2) is 11.7. The number of terminal acetylenes is 1. The molecule has 35 heavy (non-hydrogen) atoms. The monoisotopic (exact) mass is 478 g/mol. The third-order valence-corrected chi connectivity index (χ3v) is 4.80. The first-order valence-electron chi connectivity index (χ1n) is 10.9. The first-order chi connectivity index (χ1) is 16.4. The Morgan fingerprint density at radius 1 is 1.06 bits per heavy atom. The number of alkyl carbamates (subject to hydrolysis) is 1. The van der Waals surface area contributed by atoms with Crippen LogP contribution in [-0.2, 0) is 19.1 Å². The fourth-order valence-corrected chi connectivity index (χ4v) is 3.25. The second-order valence-corrected chi connectivity index (χ2v) is 8.82. The summed E-state index contributed by atoms with van der Waals surface area (Å²) in [6.07, 6.45) is 4.21. The summed E-state index contributed by atoms with van der Waals surface area (Å²) in [6, 6.07) is 15.1. The minimum atomic E-state index is -1.45. The van der Waals surface area contributed by atoms with Crippen molar-refractivity contribution in [3.8, 4) is 12.5 Å². The summed E-state index contributed by atoms with van der Waals surface area (Å²) < 4.78 is 5.19. The number of para-hydroxylation sites is 1. The smallest absolute Gasteiger partial charge is 0.408 e. The summed E-state index contributed by atoms with van der Waals surface area (Å²) in [7, 11) is 0. The SMILES string of the molecule is C#CN(C(=O)C(CC(N)=O)NC(=O)OC(C)(C)C)C(C(=O)Nc1ccccc1C)c1ccccc1. The summed E-state index contributed by atoms with van der Waals surface area (Å²) in [4.78, 5) is 51.7. The predicted octanol–water partition coefficient (Wildman–Crippen LogP) is 2.86. The number of nitrogens with two attached hydrogens (primary N) is 1. The minimum absolute atomic E-state index is 0.431. The van der Waals surface area contributed by atoms with Crippen LogP contribution in [0.5, 0.6) is 0 Å². The molecule has 4 amide bonds. The number of rotatable bonds is 8. The van der Waals surface area contributed by atoms with Crippen LogP contribution >= 0.6 is 0 Å². The van der Waals surface area contributed by atoms with Crippen LogP contribution in [-0.4, -0.2) is 40.4 Å². The molecule has 0 radical (unpaired) electrons. The van der Waals surface area contributed by atoms with Gasteiger partial charge in [0.05, 0.1) is 6.42 Å². The molecule has 184 valence electrons. The van der Waals surface area contributed by atoms with E-state index in [9.17, 15) is 19.2 Å². The zero-order valence-corrected chi connectivity index (χ0v) is 20.2. The summed E-state index contributed by atoms with van der Waals surface area (Å²) in [5.74, 6) is -2.30. The number of hydrogen-bond donors (Lipinski definition) is 3. The maximum atomic E-state index is 13.5. The lowest BCUT2D eigenvalue weighted by Crippen LogP contribution is -2.52. The topological polar surface area (TPSA) is 131 Å². The maximum Gasteiger partial charge on any atom is 0.408 e. The van der Waals surface area contributed by atoms with E-state index in [4.69, 9.17) is 16.9 Å². The van der Waals surface area contributed by atoms with Crippen molar-refractivity contribution in [1.82, 2.24) is 10.2 Å². The summed E-state index contributed by atoms with van der Waals surface area (Å²) in [6.45, 7) is 6.76. The Morgan fingerprint density at radius 2 is 1.66 bits per heavy atom. The zero-order valence-electron chi connectivity index (χ0n) is 20.2. The molecule has 9 heteroatoms. The molecule has 2 aromatic rings. The van der Waals surface area contributed by atoms with Crippen LogP contribution in [0.3, 0.4) is 0 Å². The van der Waals surface area contributed by atoms with Gasteiger partial charge >= 0.3 is 6.09 Å². The van der Waals surface area contributed by atoms with Crippen molar-refractivity contribution in [2.75, 3.05) is 5.32 Å². The molecular formula is C26H30N4O5. The van der Waals surface area contributed by atoms with E-state index in [0.29, 0.717) is 11.3 Å². The van der Waals surface area contributed by atoms with Crippen molar-refractivity contribution in [2.45, 2.75) is 51.8 Å². The van der Waals surface area contributed by atoms with Gasteiger partial charge in [-0.2, -0.15) is 0 Å². The fraction of sp³-hybridized carbons (Fsp3) is 0.308. The number of aryl methyl sites for hydroxylation is 1. The molecule has 2 rings (SSSR count). The van der Waals surface area contributed by atoms with Crippen LogP contribution in [0, 0.1) is 19.4 Å². The summed E-state index contributed by atoms with van der Waals surface area (Å²) in [5.41, 5.74) is 6.24. The fourth-order valence-electron chi connectivity index (χ4n) is 3.25. The van der Waals surface area contributed by atoms with Crippen LogP contribution in [0.25, 0.3) is 0 Å². The highest BCUT2D eigenvalue weighted by atomic mass is 16.6. The van der Waals surface area contributed by atoms with Gasteiger partial charge in [-0.05, 0) is 44.9 Å². The molecule has 9 nitrogen and oxygen atoms in total. The van der Waals surface area contributed by atoms with Gasteiger partial charge in [0.15, 0.2) is 0 Å². The lowest BCUT2D eigenvalue weighted by molar-refractivity contribution is -0.138. The molecule has 0 aromatic heterocycles. The first-order valence-corrected chi connectivity index (χ1v) is 10.9. The predicted molar refractivity (Wildman–Crippen MR) is 132 cm³/mol. The number of benzene rings is 2. The van der Waals surface area contributed by atoms with E-state index in [1.165, 1.54) is 0 Å². The van der Waals surface area contributed by atoms with Gasteiger partial charge in [0.25, 0.3) is 11.8 Å². The zero-order chi connectivity index (χ0) is 26.2. The number of nitrogens with zero attached hydrogens (tertiary/aromatic N) is 1. The average molecular weight is 479 g/mol. The van der Waals surface area contributed by atoms with Crippen molar-refractivity contribution in [3.63, 3.8) is 0 Å². The standard InChI is InChI=1S/C26H30N4O5/c1-6-30(24(33)20(16-21(27)31)29-25(34)35-26(3,4)5)22(18-13-8-7-9-14-18)23(32)28-19-15-11-10-12-17(19)2/h1,7-15,20,22H,16H2,2-5H3,(H2,27,31)(H,28,32)(H,29,34). The molecule has 0 fully saturated rings. The maximum absolute atomic E-state index is 13.5. The summed E-state index contributed by atoms with van der Waals surface area (Å²) >= 11 is 0. The number of ether oxygens (including phenoxy) is 1. The Bertz CT molecular complexity index is 1120. The molecule has 0 bridgehead atoms. The summed E-state index contributed by atoms with van der Waals surface area (Å²) in [5, 5.41) is 5.14. The number of amides is 4. The highest BCUT2D eigenvalue weighted by molar-refractivity contribution is 6.00. The average Bonchev–Trinajstić information content (AvgIpc) is 2.77. The van der Waals surface area contributed by atoms with Gasteiger partial charge in [0, 0.05) is 11.7 Å². The molecule has 4 N–H and O–H groups in total. The van der Waals surface area contributed by atoms with E-state index in [-0.39, 0.29) is 0 Å². The molecule has 2 atom stereocenters. The second-order valence-electron chi connectivity index (χ2n) is 8.82. The highest BCUT2D eigenvalue weighted by Gasteiger charge is 2.36. The van der Waals surface area contributed by atoms with Gasteiger partial charge in [0.1, 0.15) is 17.7 Å². The van der Waals surface area contributed by atoms with Crippen molar-refractivity contribution in [3.05, 3.63) is 65.7 Å². The Kier molecular flexibility index (Phi) is 9.00. The number of nitrogens with one attached hydrogen (secondary N) is 2. The third kappa shape index (κ3) is 7.89. The van der Waals surface area contributed by atoms with E-state index in [2.05, 4.69) is 16.7 Å². The van der Waals surface area contributed by atoms with Crippen molar-refractivity contribution < 1.29 is 23.9 Å². The van der Waals surface area contributed by atoms with Crippen LogP contribution < -0.4 is 16.4 Å². The molecule has 0 aliphatic rings. The quantitative estimate of drug-likeness (QED) is 0.397. The Labute approximate surface area is 205 Å². The van der Waals surface area contributed by atoms with Gasteiger partial charge in [-0.1, -0.05) is 55.0 Å². The molecule has 0 aliphatic heterocycles. The van der Waals surface area contributed by atoms with E-state index in [1.54, 1.807) is 63.2 Å². The molecule has 2 unspecified atom stereocenters. The van der Waals surface area contributed by atoms with Crippen molar-refractivity contribution in [1.29, 1.82) is 0 Å². The lowest BCUT2D eigenvalue weighted by atomic mass is 10.0. The number of carbonyl (C=O) groups is 4. The number of hydrogen-bond acceptors (Lipinski definition) is 5. The normalized spacial score (nSPS) is 12.4. The number of primary amides is 1. The Balaban J connectivity index is 2.43. The van der Waals surface area contributed by atoms with Crippen molar-refractivity contribution in [2.24, 2.45) is 5.73 Å². The van der Waals surface area contributed by atoms with E-state index in [1.807, 2.05) is 19.1 Å². The van der Waals surface area contributed by atoms with E-state index < -0.39 is 47.9 Å². The highest BCUT2D eigenvalue weighted by Crippen LogP contribution is 2.25. The molecule has 0 heterocycles. The number of anilines is 1. The van der Waals surface area contributed by atoms with Crippen LogP contribution in [0.4, 0.5) is 10.5 Å². The molecule has 2 aromatic carbocycles. The van der Waals surface area contributed by atoms with Gasteiger partial charge in [0.2, 0.25) is 5.91 Å². The van der Waals surface area contributed by atoms with Gasteiger partial charge in [-0.15, -0.1) is 0 Å². The van der Waals surface area contributed by atoms with Crippen LogP contribution in [0.1, 0.15) is 44.4 Å². The first kappa shape index (κ1) is 26.9. The minimum Gasteiger partial charge on any atom is -0.444 e. The number of carbonyl (C=O) groups excluding carboxylic acids is 4. The molecular weight excluding hydrogens is 448 g/mol. The Hall–Kier alpha value is -4.32. The third-order valence-electron chi connectivity index (χ3n) is 4.80. The molecule has 0 saturated carbocycles. The van der Waals surface area contributed by atoms with Gasteiger partial charge in [-0.3, -0.25) is 19.3 Å². The largest absolute Gasteiger partial charge is 0.444 e. The van der Waals surface area contributed by atoms with Crippen molar-refractivity contribution >= 4 is 29.5 Å². The van der Waals surface area contributed by atoms with E-state index in [0.717, 1.165) is 10.5 Å².